The smallest absolute Gasteiger partial charge is 0.283 e. The molecule has 1 aromatic carbocycles. The zero-order chi connectivity index (χ0) is 13.1. The van der Waals surface area contributed by atoms with Crippen LogP contribution in [-0.2, 0) is 4.79 Å². The highest BCUT2D eigenvalue weighted by Crippen LogP contribution is 2.17. The molecular formula is C14H18N2OS. The van der Waals surface area contributed by atoms with Crippen LogP contribution in [0.5, 0.6) is 0 Å². The lowest BCUT2D eigenvalue weighted by Crippen LogP contribution is -2.36. The zero-order valence-corrected chi connectivity index (χ0v) is 11.6. The number of likely N-dealkylation sites (tertiary alicyclic amines) is 1. The fourth-order valence-electron chi connectivity index (χ4n) is 2.11. The number of rotatable bonds is 1. The highest BCUT2D eigenvalue weighted by Gasteiger charge is 2.20. The van der Waals surface area contributed by atoms with Crippen LogP contribution < -0.4 is 5.32 Å². The first-order valence-corrected chi connectivity index (χ1v) is 6.66. The number of carbonyl (C=O) groups is 1. The van der Waals surface area contributed by atoms with E-state index in [0.717, 1.165) is 42.7 Å². The van der Waals surface area contributed by atoms with Crippen LogP contribution in [0.1, 0.15) is 24.0 Å². The molecule has 96 valence electrons. The van der Waals surface area contributed by atoms with Crippen LogP contribution in [0.25, 0.3) is 0 Å². The minimum absolute atomic E-state index is 0.166. The van der Waals surface area contributed by atoms with Crippen molar-refractivity contribution in [1.29, 1.82) is 0 Å². The van der Waals surface area contributed by atoms with Crippen LogP contribution in [0.3, 0.4) is 0 Å². The van der Waals surface area contributed by atoms with Gasteiger partial charge in [-0.2, -0.15) is 0 Å². The molecule has 1 saturated heterocycles. The van der Waals surface area contributed by atoms with Gasteiger partial charge in [0.25, 0.3) is 5.91 Å². The molecule has 4 heteroatoms. The summed E-state index contributed by atoms with van der Waals surface area (Å²) in [6, 6.07) is 6.01. The predicted octanol–water partition coefficient (Wildman–Crippen LogP) is 2.67. The first kappa shape index (κ1) is 13.0. The third-order valence-corrected chi connectivity index (χ3v) is 3.67. The summed E-state index contributed by atoms with van der Waals surface area (Å²) in [5, 5.41) is 2.91. The van der Waals surface area contributed by atoms with Gasteiger partial charge in [-0.25, -0.2) is 0 Å². The van der Waals surface area contributed by atoms with Gasteiger partial charge in [0.15, 0.2) is 4.99 Å². The molecule has 0 atom stereocenters. The van der Waals surface area contributed by atoms with E-state index in [1.165, 1.54) is 0 Å². The fourth-order valence-corrected chi connectivity index (χ4v) is 2.34. The zero-order valence-electron chi connectivity index (χ0n) is 10.8. The summed E-state index contributed by atoms with van der Waals surface area (Å²) >= 11 is 5.23. The quantitative estimate of drug-likeness (QED) is 0.790. The van der Waals surface area contributed by atoms with Crippen molar-refractivity contribution in [3.05, 3.63) is 29.3 Å². The summed E-state index contributed by atoms with van der Waals surface area (Å²) < 4.78 is 0. The normalized spacial score (nSPS) is 14.7. The molecule has 1 aliphatic heterocycles. The Bertz CT molecular complexity index is 479. The Morgan fingerprint density at radius 1 is 1.28 bits per heavy atom. The van der Waals surface area contributed by atoms with E-state index in [0.29, 0.717) is 4.99 Å². The van der Waals surface area contributed by atoms with Gasteiger partial charge in [-0.3, -0.25) is 4.79 Å². The standard InChI is InChI=1S/C14H18N2OS/c1-10-5-6-11(2)12(9-10)15-13(17)14(18)16-7-3-4-8-16/h5-6,9H,3-4,7-8H2,1-2H3,(H,15,17). The molecule has 3 nitrogen and oxygen atoms in total. The van der Waals surface area contributed by atoms with Gasteiger partial charge in [0.05, 0.1) is 0 Å². The van der Waals surface area contributed by atoms with Crippen molar-refractivity contribution in [3.63, 3.8) is 0 Å². The minimum Gasteiger partial charge on any atom is -0.358 e. The largest absolute Gasteiger partial charge is 0.358 e. The van der Waals surface area contributed by atoms with Crippen molar-refractivity contribution in [2.45, 2.75) is 26.7 Å². The Kier molecular flexibility index (Phi) is 3.97. The van der Waals surface area contributed by atoms with Crippen molar-refractivity contribution < 1.29 is 4.79 Å². The highest BCUT2D eigenvalue weighted by atomic mass is 32.1. The van der Waals surface area contributed by atoms with E-state index in [2.05, 4.69) is 5.32 Å². The Balaban J connectivity index is 2.06. The third-order valence-electron chi connectivity index (χ3n) is 3.23. The maximum atomic E-state index is 12.1. The minimum atomic E-state index is -0.166. The molecule has 2 rings (SSSR count). The maximum absolute atomic E-state index is 12.1. The Morgan fingerprint density at radius 3 is 2.61 bits per heavy atom. The van der Waals surface area contributed by atoms with E-state index in [9.17, 15) is 4.79 Å². The molecule has 1 amide bonds. The lowest BCUT2D eigenvalue weighted by Gasteiger charge is -2.18. The van der Waals surface area contributed by atoms with Gasteiger partial charge in [-0.05, 0) is 43.9 Å². The Hall–Kier alpha value is -1.42. The van der Waals surface area contributed by atoms with Crippen molar-refractivity contribution >= 4 is 28.8 Å². The van der Waals surface area contributed by atoms with Gasteiger partial charge < -0.3 is 10.2 Å². The summed E-state index contributed by atoms with van der Waals surface area (Å²) in [5.74, 6) is -0.166. The van der Waals surface area contributed by atoms with Crippen molar-refractivity contribution in [3.8, 4) is 0 Å². The molecule has 0 unspecified atom stereocenters. The fraction of sp³-hybridized carbons (Fsp3) is 0.429. The first-order chi connectivity index (χ1) is 8.58. The van der Waals surface area contributed by atoms with Crippen LogP contribution in [0.4, 0.5) is 5.69 Å². The molecule has 1 N–H and O–H groups in total. The van der Waals surface area contributed by atoms with E-state index >= 15 is 0 Å². The number of amides is 1. The van der Waals surface area contributed by atoms with Gasteiger partial charge >= 0.3 is 0 Å². The summed E-state index contributed by atoms with van der Waals surface area (Å²) in [4.78, 5) is 14.5. The van der Waals surface area contributed by atoms with Crippen molar-refractivity contribution in [1.82, 2.24) is 4.90 Å². The molecule has 0 spiro atoms. The van der Waals surface area contributed by atoms with Gasteiger partial charge in [0.1, 0.15) is 0 Å². The molecule has 1 heterocycles. The second-order valence-corrected chi connectivity index (χ2v) is 5.16. The number of aryl methyl sites for hydroxylation is 2. The first-order valence-electron chi connectivity index (χ1n) is 6.25. The number of nitrogens with zero attached hydrogens (tertiary/aromatic N) is 1. The van der Waals surface area contributed by atoms with Gasteiger partial charge in [0.2, 0.25) is 0 Å². The van der Waals surface area contributed by atoms with Crippen molar-refractivity contribution in [2.24, 2.45) is 0 Å². The molecule has 1 fully saturated rings. The van der Waals surface area contributed by atoms with E-state index in [4.69, 9.17) is 12.2 Å². The summed E-state index contributed by atoms with van der Waals surface area (Å²) in [6.07, 6.45) is 2.24. The lowest BCUT2D eigenvalue weighted by molar-refractivity contribution is -0.110. The number of thiocarbonyl (C=S) groups is 1. The molecule has 1 aromatic rings. The molecule has 1 aliphatic rings. The molecule has 0 aromatic heterocycles. The lowest BCUT2D eigenvalue weighted by atomic mass is 10.1. The van der Waals surface area contributed by atoms with E-state index in [-0.39, 0.29) is 5.91 Å². The molecule has 0 radical (unpaired) electrons. The predicted molar refractivity (Wildman–Crippen MR) is 78.0 cm³/mol. The Labute approximate surface area is 113 Å². The number of hydrogen-bond donors (Lipinski definition) is 1. The van der Waals surface area contributed by atoms with Gasteiger partial charge in [-0.15, -0.1) is 0 Å². The highest BCUT2D eigenvalue weighted by molar-refractivity contribution is 7.82. The topological polar surface area (TPSA) is 32.3 Å². The summed E-state index contributed by atoms with van der Waals surface area (Å²) in [7, 11) is 0. The SMILES string of the molecule is Cc1ccc(C)c(NC(=O)C(=S)N2CCCC2)c1. The van der Waals surface area contributed by atoms with Crippen LogP contribution in [-0.4, -0.2) is 28.9 Å². The Morgan fingerprint density at radius 2 is 1.94 bits per heavy atom. The molecule has 0 saturated carbocycles. The average molecular weight is 262 g/mol. The third kappa shape index (κ3) is 2.88. The van der Waals surface area contributed by atoms with E-state index in [1.54, 1.807) is 0 Å². The summed E-state index contributed by atoms with van der Waals surface area (Å²) in [6.45, 7) is 5.79. The molecule has 0 aliphatic carbocycles. The average Bonchev–Trinajstić information content (AvgIpc) is 2.86. The van der Waals surface area contributed by atoms with Crippen LogP contribution in [0.2, 0.25) is 0 Å². The second kappa shape index (κ2) is 5.48. The second-order valence-electron chi connectivity index (χ2n) is 4.77. The number of hydrogen-bond acceptors (Lipinski definition) is 2. The number of benzene rings is 1. The van der Waals surface area contributed by atoms with Gasteiger partial charge in [-0.1, -0.05) is 24.4 Å². The maximum Gasteiger partial charge on any atom is 0.283 e. The van der Waals surface area contributed by atoms with Crippen LogP contribution >= 0.6 is 12.2 Å². The molecule has 0 bridgehead atoms. The van der Waals surface area contributed by atoms with Crippen LogP contribution in [0.15, 0.2) is 18.2 Å². The van der Waals surface area contributed by atoms with E-state index < -0.39 is 0 Å². The summed E-state index contributed by atoms with van der Waals surface area (Å²) in [5.41, 5.74) is 3.03. The van der Waals surface area contributed by atoms with Crippen molar-refractivity contribution in [2.75, 3.05) is 18.4 Å². The van der Waals surface area contributed by atoms with Crippen LogP contribution in [0, 0.1) is 13.8 Å². The number of nitrogens with one attached hydrogen (secondary N) is 1. The molecule has 18 heavy (non-hydrogen) atoms. The van der Waals surface area contributed by atoms with Gasteiger partial charge in [0, 0.05) is 18.8 Å². The monoisotopic (exact) mass is 262 g/mol. The molecular weight excluding hydrogens is 244 g/mol. The van der Waals surface area contributed by atoms with E-state index in [1.807, 2.05) is 36.9 Å². The number of carbonyl (C=O) groups excluding carboxylic acids is 1. The number of anilines is 1.